The highest BCUT2D eigenvalue weighted by Gasteiger charge is 2.59. The van der Waals surface area contributed by atoms with Gasteiger partial charge in [-0.25, -0.2) is 22.6 Å². The predicted octanol–water partition coefficient (Wildman–Crippen LogP) is 5.48. The molecule has 5 aliphatic rings. The maximum absolute atomic E-state index is 16.9. The molecule has 0 bridgehead atoms. The molecular weight excluding hydrogens is 754 g/mol. The summed E-state index contributed by atoms with van der Waals surface area (Å²) in [6.45, 7) is 10.4. The molecule has 7 rings (SSSR count). The Bertz CT molecular complexity index is 2120. The van der Waals surface area contributed by atoms with Crippen LogP contribution in [0, 0.1) is 12.8 Å². The number of halogens is 1. The summed E-state index contributed by atoms with van der Waals surface area (Å²) in [7, 11) is -4.06. The van der Waals surface area contributed by atoms with Crippen LogP contribution >= 0.6 is 0 Å². The van der Waals surface area contributed by atoms with Gasteiger partial charge in [-0.05, 0) is 90.8 Å². The number of hydrogen-bond acceptors (Lipinski definition) is 10. The Balaban J connectivity index is 1.27. The van der Waals surface area contributed by atoms with E-state index in [4.69, 9.17) is 14.5 Å². The number of fused-ring (bicyclic) bond motifs is 5. The van der Waals surface area contributed by atoms with Gasteiger partial charge in [0.1, 0.15) is 34.9 Å². The summed E-state index contributed by atoms with van der Waals surface area (Å²) in [6, 6.07) is 3.69. The van der Waals surface area contributed by atoms with Gasteiger partial charge in [0, 0.05) is 36.3 Å². The maximum Gasteiger partial charge on any atom is 0.408 e. The number of hydrogen-bond donors (Lipinski definition) is 4. The van der Waals surface area contributed by atoms with Crippen molar-refractivity contribution in [1.29, 1.82) is 0 Å². The van der Waals surface area contributed by atoms with E-state index in [1.165, 1.54) is 11.0 Å². The standard InChI is InChI=1S/C42H56FN5O8S/c1-7-26-15-16-30-28(21-26)33-29(43)22-41(55-34(33)25(2)44-30)23-32-35(49)46-42(37(51)47-57(53,54)40(6)19-20-40)18-17-27(42)13-11-9-8-10-12-14-31(36(50)48(32)24-41)45-38(52)56-39(3,4)5/h11,13,15-18,21,27,29,31-32,36,50H,7-10,12,14,19-20,22-24H2,1-6H3,(H,45,52)(H,46,49)(H,47,51)/b13-11-/t27-,29?,31+,32+,36?,41-,42-/m1/s1. The molecule has 1 saturated heterocycles. The van der Waals surface area contributed by atoms with E-state index in [9.17, 15) is 27.9 Å². The second-order valence-corrected chi connectivity index (χ2v) is 20.1. The average Bonchev–Trinajstić information content (AvgIpc) is 3.79. The van der Waals surface area contributed by atoms with E-state index in [-0.39, 0.29) is 25.1 Å². The van der Waals surface area contributed by atoms with Crippen LogP contribution in [0.4, 0.5) is 9.18 Å². The number of aliphatic hydroxyl groups is 1. The van der Waals surface area contributed by atoms with E-state index >= 15 is 4.39 Å². The number of alkyl halides is 1. The molecule has 4 N–H and O–H groups in total. The minimum absolute atomic E-state index is 0.0837. The maximum atomic E-state index is 16.9. The van der Waals surface area contributed by atoms with Crippen LogP contribution in [0.15, 0.2) is 42.5 Å². The summed E-state index contributed by atoms with van der Waals surface area (Å²) in [4.78, 5) is 48.4. The van der Waals surface area contributed by atoms with Crippen molar-refractivity contribution < 1.29 is 41.8 Å². The van der Waals surface area contributed by atoms with Gasteiger partial charge in [0.15, 0.2) is 0 Å². The lowest BCUT2D eigenvalue weighted by Gasteiger charge is -2.42. The van der Waals surface area contributed by atoms with Gasteiger partial charge in [0.25, 0.3) is 5.91 Å². The van der Waals surface area contributed by atoms with E-state index in [0.29, 0.717) is 54.3 Å². The van der Waals surface area contributed by atoms with Crippen molar-refractivity contribution in [2.24, 2.45) is 5.92 Å². The molecule has 1 spiro atoms. The number of aromatic nitrogens is 1. The summed E-state index contributed by atoms with van der Waals surface area (Å²) in [5.74, 6) is -1.94. The third kappa shape index (κ3) is 7.91. The number of amides is 3. The first kappa shape index (κ1) is 41.1. The fourth-order valence-electron chi connectivity index (χ4n) is 8.63. The largest absolute Gasteiger partial charge is 0.483 e. The Hall–Kier alpha value is -4.08. The number of nitrogens with one attached hydrogen (secondary N) is 3. The van der Waals surface area contributed by atoms with Gasteiger partial charge >= 0.3 is 6.09 Å². The highest BCUT2D eigenvalue weighted by atomic mass is 32.2. The van der Waals surface area contributed by atoms with Gasteiger partial charge in [-0.3, -0.25) is 19.2 Å². The van der Waals surface area contributed by atoms with Crippen molar-refractivity contribution >= 4 is 38.8 Å². The Morgan fingerprint density at radius 2 is 1.91 bits per heavy atom. The number of pyridine rings is 1. The van der Waals surface area contributed by atoms with E-state index in [1.807, 2.05) is 31.2 Å². The summed E-state index contributed by atoms with van der Waals surface area (Å²) in [5, 5.41) is 18.7. The number of rotatable bonds is 5. The molecule has 0 radical (unpaired) electrons. The molecule has 7 atom stereocenters. The summed E-state index contributed by atoms with van der Waals surface area (Å²) in [6.07, 6.45) is 7.74. The van der Waals surface area contributed by atoms with Crippen LogP contribution in [0.2, 0.25) is 0 Å². The van der Waals surface area contributed by atoms with Crippen molar-refractivity contribution in [3.8, 4) is 5.75 Å². The lowest BCUT2D eigenvalue weighted by Crippen LogP contribution is -2.68. The van der Waals surface area contributed by atoms with Crippen molar-refractivity contribution in [2.45, 2.75) is 152 Å². The molecule has 1 aromatic heterocycles. The molecule has 57 heavy (non-hydrogen) atoms. The molecule has 2 unspecified atom stereocenters. The monoisotopic (exact) mass is 809 g/mol. The molecule has 310 valence electrons. The fraction of sp³-hybridized carbons (Fsp3) is 0.619. The lowest BCUT2D eigenvalue weighted by atomic mass is 9.73. The Morgan fingerprint density at radius 3 is 2.58 bits per heavy atom. The predicted molar refractivity (Wildman–Crippen MR) is 212 cm³/mol. The van der Waals surface area contributed by atoms with Gasteiger partial charge in [0.05, 0.1) is 28.0 Å². The number of carbonyl (C=O) groups is 3. The zero-order valence-corrected chi connectivity index (χ0v) is 34.5. The van der Waals surface area contributed by atoms with Crippen molar-refractivity contribution in [3.63, 3.8) is 0 Å². The van der Waals surface area contributed by atoms with Gasteiger partial charge < -0.3 is 25.2 Å². The van der Waals surface area contributed by atoms with Crippen LogP contribution < -0.4 is 20.1 Å². The third-order valence-electron chi connectivity index (χ3n) is 12.3. The Morgan fingerprint density at radius 1 is 1.16 bits per heavy atom. The van der Waals surface area contributed by atoms with Gasteiger partial charge in [-0.1, -0.05) is 50.1 Å². The van der Waals surface area contributed by atoms with E-state index in [2.05, 4.69) is 15.4 Å². The fourth-order valence-corrected chi connectivity index (χ4v) is 9.93. The summed E-state index contributed by atoms with van der Waals surface area (Å²) >= 11 is 0. The average molecular weight is 810 g/mol. The number of aliphatic hydroxyl groups excluding tert-OH is 1. The molecule has 3 amide bonds. The molecular formula is C42H56FN5O8S. The van der Waals surface area contributed by atoms with Crippen LogP contribution in [0.3, 0.4) is 0 Å². The minimum atomic E-state index is -4.06. The topological polar surface area (TPSA) is 176 Å². The number of benzene rings is 1. The lowest BCUT2D eigenvalue weighted by molar-refractivity contribution is -0.137. The van der Waals surface area contributed by atoms with E-state index < -0.39 is 79.8 Å². The first-order valence-corrected chi connectivity index (χ1v) is 21.7. The zero-order chi connectivity index (χ0) is 41.1. The molecule has 15 heteroatoms. The third-order valence-corrected chi connectivity index (χ3v) is 14.5. The number of ether oxygens (including phenoxy) is 2. The highest BCUT2D eigenvalue weighted by molar-refractivity contribution is 7.91. The number of aryl methyl sites for hydroxylation is 2. The van der Waals surface area contributed by atoms with Crippen LogP contribution in [0.5, 0.6) is 5.75 Å². The number of alkyl carbamates (subject to hydrolysis) is 1. The summed E-state index contributed by atoms with van der Waals surface area (Å²) in [5.41, 5.74) is -1.35. The molecule has 2 aliphatic carbocycles. The van der Waals surface area contributed by atoms with Crippen molar-refractivity contribution in [2.75, 3.05) is 6.54 Å². The van der Waals surface area contributed by atoms with Crippen molar-refractivity contribution in [1.82, 2.24) is 25.2 Å². The summed E-state index contributed by atoms with van der Waals surface area (Å²) < 4.78 is 57.0. The van der Waals surface area contributed by atoms with Crippen LogP contribution in [-0.2, 0) is 30.8 Å². The molecule has 2 fully saturated rings. The van der Waals surface area contributed by atoms with Gasteiger partial charge in [-0.2, -0.15) is 0 Å². The van der Waals surface area contributed by atoms with Crippen LogP contribution in [0.25, 0.3) is 10.9 Å². The first-order valence-electron chi connectivity index (χ1n) is 20.2. The van der Waals surface area contributed by atoms with Gasteiger partial charge in [0.2, 0.25) is 15.9 Å². The second-order valence-electron chi connectivity index (χ2n) is 17.9. The van der Waals surface area contributed by atoms with Gasteiger partial charge in [-0.15, -0.1) is 0 Å². The Labute approximate surface area is 334 Å². The van der Waals surface area contributed by atoms with Crippen molar-refractivity contribution in [3.05, 3.63) is 59.3 Å². The minimum Gasteiger partial charge on any atom is -0.483 e. The number of sulfonamides is 1. The van der Waals surface area contributed by atoms with E-state index in [0.717, 1.165) is 24.8 Å². The molecule has 1 saturated carbocycles. The molecule has 13 nitrogen and oxygen atoms in total. The van der Waals surface area contributed by atoms with Crippen LogP contribution in [-0.4, -0.2) is 87.7 Å². The SMILES string of the molecule is CCc1ccc2nc(C)c3c(c2c1)C(F)C[C@]1(C[C@H]2C(=O)N[C@]4(C(=O)NS(=O)(=O)C5(C)CC5)C=C[C@H]4/C=C\CCCCC[C@H](NC(=O)OC(C)(C)C)C(O)N2C1)O3. The quantitative estimate of drug-likeness (QED) is 0.283. The first-order chi connectivity index (χ1) is 26.8. The van der Waals surface area contributed by atoms with Crippen LogP contribution in [0.1, 0.15) is 115 Å². The normalized spacial score (nSPS) is 31.9. The second kappa shape index (κ2) is 14.9. The molecule has 4 heterocycles. The number of nitrogens with zero attached hydrogens (tertiary/aromatic N) is 2. The highest BCUT2D eigenvalue weighted by Crippen LogP contribution is 2.51. The number of allylic oxidation sites excluding steroid dienone is 1. The Kier molecular flexibility index (Phi) is 10.8. The molecule has 2 aromatic rings. The molecule has 1 aromatic carbocycles. The van der Waals surface area contributed by atoms with E-state index in [1.54, 1.807) is 46.8 Å². The number of carbonyl (C=O) groups excluding carboxylic acids is 3. The molecule has 3 aliphatic heterocycles. The zero-order valence-electron chi connectivity index (χ0n) is 33.7. The smallest absolute Gasteiger partial charge is 0.408 e.